The maximum atomic E-state index is 5.74. The highest BCUT2D eigenvalue weighted by molar-refractivity contribution is 9.10. The normalized spacial score (nSPS) is 19.1. The summed E-state index contributed by atoms with van der Waals surface area (Å²) in [5.41, 5.74) is 1.16. The zero-order valence-electron chi connectivity index (χ0n) is 10.7. The Morgan fingerprint density at radius 3 is 3.11 bits per heavy atom. The summed E-state index contributed by atoms with van der Waals surface area (Å²) in [7, 11) is 0. The summed E-state index contributed by atoms with van der Waals surface area (Å²) in [6.45, 7) is 6.49. The molecule has 1 aliphatic heterocycles. The van der Waals surface area contributed by atoms with Gasteiger partial charge >= 0.3 is 0 Å². The van der Waals surface area contributed by atoms with Crippen molar-refractivity contribution >= 4 is 15.9 Å². The minimum Gasteiger partial charge on any atom is -0.492 e. The molecule has 100 valence electrons. The van der Waals surface area contributed by atoms with E-state index in [0.717, 1.165) is 42.1 Å². The Balaban J connectivity index is 1.62. The van der Waals surface area contributed by atoms with Crippen molar-refractivity contribution in [2.75, 3.05) is 32.9 Å². The Bertz CT molecular complexity index is 378. The van der Waals surface area contributed by atoms with E-state index in [1.807, 2.05) is 12.1 Å². The van der Waals surface area contributed by atoms with Gasteiger partial charge in [0, 0.05) is 24.2 Å². The van der Waals surface area contributed by atoms with Crippen LogP contribution in [0.15, 0.2) is 22.7 Å². The molecule has 0 spiro atoms. The summed E-state index contributed by atoms with van der Waals surface area (Å²) >= 11 is 3.45. The first-order valence-corrected chi connectivity index (χ1v) is 7.22. The number of halogens is 1. The number of ether oxygens (including phenoxy) is 2. The Morgan fingerprint density at radius 1 is 1.50 bits per heavy atom. The van der Waals surface area contributed by atoms with Gasteiger partial charge in [-0.25, -0.2) is 0 Å². The molecule has 1 N–H and O–H groups in total. The highest BCUT2D eigenvalue weighted by Gasteiger charge is 2.14. The van der Waals surface area contributed by atoms with Gasteiger partial charge in [-0.3, -0.25) is 0 Å². The average molecular weight is 314 g/mol. The van der Waals surface area contributed by atoms with Crippen molar-refractivity contribution in [3.05, 3.63) is 28.2 Å². The standard InChI is InChI=1S/C14H20BrNO2/c1-11-8-13(15)2-3-14(11)18-7-5-16-9-12-4-6-17-10-12/h2-3,8,12,16H,4-7,9-10H2,1H3. The first-order valence-electron chi connectivity index (χ1n) is 6.43. The predicted octanol–water partition coefficient (Wildman–Crippen LogP) is 2.76. The summed E-state index contributed by atoms with van der Waals surface area (Å²) in [4.78, 5) is 0. The molecule has 0 aliphatic carbocycles. The van der Waals surface area contributed by atoms with E-state index in [9.17, 15) is 0 Å². The first-order chi connectivity index (χ1) is 8.75. The molecule has 1 heterocycles. The summed E-state index contributed by atoms with van der Waals surface area (Å²) in [6, 6.07) is 6.08. The minimum atomic E-state index is 0.680. The number of aryl methyl sites for hydroxylation is 1. The van der Waals surface area contributed by atoms with Crippen LogP contribution < -0.4 is 10.1 Å². The molecule has 0 bridgehead atoms. The van der Waals surface area contributed by atoms with E-state index in [4.69, 9.17) is 9.47 Å². The largest absolute Gasteiger partial charge is 0.492 e. The molecule has 1 atom stereocenters. The van der Waals surface area contributed by atoms with Crippen LogP contribution in [0.25, 0.3) is 0 Å². The van der Waals surface area contributed by atoms with Gasteiger partial charge in [0.2, 0.25) is 0 Å². The second-order valence-corrected chi connectivity index (χ2v) is 5.61. The molecule has 3 nitrogen and oxygen atoms in total. The van der Waals surface area contributed by atoms with Gasteiger partial charge in [0.25, 0.3) is 0 Å². The molecule has 2 rings (SSSR count). The third kappa shape index (κ3) is 4.26. The number of rotatable bonds is 6. The highest BCUT2D eigenvalue weighted by Crippen LogP contribution is 2.21. The van der Waals surface area contributed by atoms with Gasteiger partial charge in [-0.2, -0.15) is 0 Å². The summed E-state index contributed by atoms with van der Waals surface area (Å²) in [5, 5.41) is 3.41. The zero-order chi connectivity index (χ0) is 12.8. The van der Waals surface area contributed by atoms with Crippen LogP contribution in [0.5, 0.6) is 5.75 Å². The van der Waals surface area contributed by atoms with Crippen molar-refractivity contribution in [1.82, 2.24) is 5.32 Å². The second kappa shape index (κ2) is 7.12. The molecule has 0 aromatic heterocycles. The Kier molecular flexibility index (Phi) is 5.47. The fraction of sp³-hybridized carbons (Fsp3) is 0.571. The molecule has 18 heavy (non-hydrogen) atoms. The van der Waals surface area contributed by atoms with E-state index in [-0.39, 0.29) is 0 Å². The average Bonchev–Trinajstić information content (AvgIpc) is 2.84. The SMILES string of the molecule is Cc1cc(Br)ccc1OCCNCC1CCOC1. The summed E-state index contributed by atoms with van der Waals surface area (Å²) in [6.07, 6.45) is 1.18. The van der Waals surface area contributed by atoms with E-state index >= 15 is 0 Å². The number of hydrogen-bond donors (Lipinski definition) is 1. The first kappa shape index (κ1) is 13.8. The molecule has 1 unspecified atom stereocenters. The Labute approximate surface area is 117 Å². The topological polar surface area (TPSA) is 30.5 Å². The second-order valence-electron chi connectivity index (χ2n) is 4.69. The van der Waals surface area contributed by atoms with E-state index in [1.165, 1.54) is 6.42 Å². The third-order valence-corrected chi connectivity index (χ3v) is 3.62. The maximum Gasteiger partial charge on any atom is 0.122 e. The number of benzene rings is 1. The van der Waals surface area contributed by atoms with Gasteiger partial charge in [0.15, 0.2) is 0 Å². The van der Waals surface area contributed by atoms with Crippen LogP contribution in [0.4, 0.5) is 0 Å². The summed E-state index contributed by atoms with van der Waals surface area (Å²) < 4.78 is 12.2. The molecule has 0 saturated carbocycles. The van der Waals surface area contributed by atoms with E-state index in [0.29, 0.717) is 12.5 Å². The number of hydrogen-bond acceptors (Lipinski definition) is 3. The third-order valence-electron chi connectivity index (χ3n) is 3.13. The van der Waals surface area contributed by atoms with Crippen LogP contribution in [-0.2, 0) is 4.74 Å². The van der Waals surface area contributed by atoms with Crippen LogP contribution in [0.1, 0.15) is 12.0 Å². The monoisotopic (exact) mass is 313 g/mol. The van der Waals surface area contributed by atoms with Gasteiger partial charge in [-0.1, -0.05) is 15.9 Å². The van der Waals surface area contributed by atoms with Crippen LogP contribution in [0.3, 0.4) is 0 Å². The molecule has 0 amide bonds. The molecular formula is C14H20BrNO2. The maximum absolute atomic E-state index is 5.74. The molecule has 1 aromatic rings. The van der Waals surface area contributed by atoms with Crippen LogP contribution in [-0.4, -0.2) is 32.9 Å². The molecule has 4 heteroatoms. The van der Waals surface area contributed by atoms with E-state index in [1.54, 1.807) is 0 Å². The lowest BCUT2D eigenvalue weighted by Gasteiger charge is -2.12. The molecule has 0 radical (unpaired) electrons. The quantitative estimate of drug-likeness (QED) is 0.819. The lowest BCUT2D eigenvalue weighted by Crippen LogP contribution is -2.27. The fourth-order valence-corrected chi connectivity index (χ4v) is 2.53. The Hall–Kier alpha value is -0.580. The summed E-state index contributed by atoms with van der Waals surface area (Å²) in [5.74, 6) is 1.64. The molecule has 1 aromatic carbocycles. The lowest BCUT2D eigenvalue weighted by atomic mass is 10.1. The van der Waals surface area contributed by atoms with Crippen molar-refractivity contribution in [3.8, 4) is 5.75 Å². The minimum absolute atomic E-state index is 0.680. The fourth-order valence-electron chi connectivity index (χ4n) is 2.06. The van der Waals surface area contributed by atoms with Crippen molar-refractivity contribution in [3.63, 3.8) is 0 Å². The number of nitrogens with one attached hydrogen (secondary N) is 1. The van der Waals surface area contributed by atoms with Gasteiger partial charge in [-0.05, 0) is 43.0 Å². The molecule has 1 fully saturated rings. The van der Waals surface area contributed by atoms with Crippen LogP contribution in [0, 0.1) is 12.8 Å². The smallest absolute Gasteiger partial charge is 0.122 e. The highest BCUT2D eigenvalue weighted by atomic mass is 79.9. The van der Waals surface area contributed by atoms with Crippen molar-refractivity contribution in [2.45, 2.75) is 13.3 Å². The van der Waals surface area contributed by atoms with Crippen molar-refractivity contribution in [2.24, 2.45) is 5.92 Å². The van der Waals surface area contributed by atoms with Gasteiger partial charge < -0.3 is 14.8 Å². The predicted molar refractivity (Wildman–Crippen MR) is 76.2 cm³/mol. The van der Waals surface area contributed by atoms with E-state index in [2.05, 4.69) is 34.2 Å². The van der Waals surface area contributed by atoms with Gasteiger partial charge in [0.05, 0.1) is 6.61 Å². The zero-order valence-corrected chi connectivity index (χ0v) is 12.3. The van der Waals surface area contributed by atoms with Gasteiger partial charge in [0.1, 0.15) is 12.4 Å². The van der Waals surface area contributed by atoms with Crippen LogP contribution >= 0.6 is 15.9 Å². The molecule has 1 aliphatic rings. The molecule has 1 saturated heterocycles. The van der Waals surface area contributed by atoms with Crippen molar-refractivity contribution < 1.29 is 9.47 Å². The van der Waals surface area contributed by atoms with Gasteiger partial charge in [-0.15, -0.1) is 0 Å². The lowest BCUT2D eigenvalue weighted by molar-refractivity contribution is 0.185. The van der Waals surface area contributed by atoms with Crippen LogP contribution in [0.2, 0.25) is 0 Å². The van der Waals surface area contributed by atoms with Crippen molar-refractivity contribution in [1.29, 1.82) is 0 Å². The Morgan fingerprint density at radius 2 is 2.39 bits per heavy atom. The molecular weight excluding hydrogens is 294 g/mol. The van der Waals surface area contributed by atoms with E-state index < -0.39 is 0 Å².